The van der Waals surface area contributed by atoms with Gasteiger partial charge in [0.15, 0.2) is 0 Å². The first-order chi connectivity index (χ1) is 7.43. The van der Waals surface area contributed by atoms with E-state index in [1.807, 2.05) is 17.8 Å². The first kappa shape index (κ1) is 14.0. The van der Waals surface area contributed by atoms with Crippen LogP contribution in [0.5, 0.6) is 0 Å². The lowest BCUT2D eigenvalue weighted by Gasteiger charge is -2.17. The number of hydrogen-bond donors (Lipinski definition) is 0. The van der Waals surface area contributed by atoms with Crippen LogP contribution in [0, 0.1) is 0 Å². The number of halogens is 1. The Bertz CT molecular complexity index is 347. The fourth-order valence-corrected chi connectivity index (χ4v) is 2.65. The summed E-state index contributed by atoms with van der Waals surface area (Å²) in [5.74, 6) is 2.03. The fourth-order valence-electron chi connectivity index (χ4n) is 1.13. The molecule has 0 saturated heterocycles. The van der Waals surface area contributed by atoms with Crippen molar-refractivity contribution in [1.29, 1.82) is 0 Å². The molecule has 0 radical (unpaired) electrons. The van der Waals surface area contributed by atoms with Gasteiger partial charge < -0.3 is 0 Å². The maximum absolute atomic E-state index is 4.60. The van der Waals surface area contributed by atoms with Crippen LogP contribution < -0.4 is 0 Å². The largest absolute Gasteiger partial charge is 0.226 e. The first-order valence-corrected chi connectivity index (χ1v) is 7.39. The van der Waals surface area contributed by atoms with E-state index in [1.165, 1.54) is 12.8 Å². The van der Waals surface area contributed by atoms with Gasteiger partial charge in [0.05, 0.1) is 0 Å². The summed E-state index contributed by atoms with van der Waals surface area (Å²) in [6, 6.07) is 2.00. The monoisotopic (exact) mass is 302 g/mol. The molecule has 1 aromatic heterocycles. The Hall–Kier alpha value is -0.0900. The quantitative estimate of drug-likeness (QED) is 0.467. The van der Waals surface area contributed by atoms with Gasteiger partial charge in [-0.15, -0.1) is 11.8 Å². The molecule has 0 N–H and O–H groups in total. The molecule has 0 unspecified atom stereocenters. The van der Waals surface area contributed by atoms with E-state index < -0.39 is 0 Å². The minimum atomic E-state index is 0.00382. The molecular formula is C12H19BrN2S. The smallest absolute Gasteiger partial charge is 0.136 e. The SMILES string of the molecule is CCCCSc1cc(Br)nc(C(C)(C)C)n1. The van der Waals surface area contributed by atoms with E-state index >= 15 is 0 Å². The zero-order valence-electron chi connectivity index (χ0n) is 10.4. The molecule has 0 fully saturated rings. The molecule has 0 spiro atoms. The van der Waals surface area contributed by atoms with Gasteiger partial charge in [0, 0.05) is 11.5 Å². The standard InChI is InChI=1S/C12H19BrN2S/c1-5-6-7-16-10-8-9(13)14-11(15-10)12(2,3)4/h8H,5-7H2,1-4H3. The van der Waals surface area contributed by atoms with Crippen LogP contribution in [0.1, 0.15) is 46.4 Å². The zero-order valence-corrected chi connectivity index (χ0v) is 12.8. The van der Waals surface area contributed by atoms with Crippen LogP contribution >= 0.6 is 27.7 Å². The molecule has 1 heterocycles. The minimum Gasteiger partial charge on any atom is -0.226 e. The van der Waals surface area contributed by atoms with Crippen molar-refractivity contribution in [1.82, 2.24) is 9.97 Å². The molecule has 0 bridgehead atoms. The highest BCUT2D eigenvalue weighted by atomic mass is 79.9. The third-order valence-electron chi connectivity index (χ3n) is 2.09. The molecule has 90 valence electrons. The van der Waals surface area contributed by atoms with E-state index in [4.69, 9.17) is 0 Å². The van der Waals surface area contributed by atoms with E-state index in [1.54, 1.807) is 0 Å². The van der Waals surface area contributed by atoms with Crippen molar-refractivity contribution in [2.45, 2.75) is 51.0 Å². The van der Waals surface area contributed by atoms with Crippen LogP contribution in [-0.2, 0) is 5.41 Å². The average Bonchev–Trinajstić information content (AvgIpc) is 2.16. The van der Waals surface area contributed by atoms with Crippen LogP contribution in [0.4, 0.5) is 0 Å². The summed E-state index contributed by atoms with van der Waals surface area (Å²) < 4.78 is 0.881. The van der Waals surface area contributed by atoms with Gasteiger partial charge in [0.1, 0.15) is 15.5 Å². The van der Waals surface area contributed by atoms with E-state index in [0.717, 1.165) is 21.2 Å². The second kappa shape index (κ2) is 6.01. The topological polar surface area (TPSA) is 25.8 Å². The molecule has 0 amide bonds. The van der Waals surface area contributed by atoms with Crippen molar-refractivity contribution in [3.8, 4) is 0 Å². The number of aromatic nitrogens is 2. The highest BCUT2D eigenvalue weighted by Gasteiger charge is 2.18. The Morgan fingerprint density at radius 1 is 1.31 bits per heavy atom. The van der Waals surface area contributed by atoms with Gasteiger partial charge >= 0.3 is 0 Å². The summed E-state index contributed by atoms with van der Waals surface area (Å²) in [6.45, 7) is 8.61. The predicted octanol–water partition coefficient (Wildman–Crippen LogP) is 4.43. The van der Waals surface area contributed by atoms with Crippen LogP contribution in [-0.4, -0.2) is 15.7 Å². The maximum Gasteiger partial charge on any atom is 0.136 e. The predicted molar refractivity (Wildman–Crippen MR) is 74.1 cm³/mol. The lowest BCUT2D eigenvalue weighted by Crippen LogP contribution is -2.16. The van der Waals surface area contributed by atoms with Crippen LogP contribution in [0.15, 0.2) is 15.7 Å². The van der Waals surface area contributed by atoms with E-state index in [2.05, 4.69) is 53.6 Å². The zero-order chi connectivity index (χ0) is 12.2. The number of thioether (sulfide) groups is 1. The lowest BCUT2D eigenvalue weighted by atomic mass is 9.96. The molecule has 0 aliphatic carbocycles. The molecule has 0 aliphatic rings. The van der Waals surface area contributed by atoms with Gasteiger partial charge in [0.2, 0.25) is 0 Å². The van der Waals surface area contributed by atoms with Crippen molar-refractivity contribution in [2.75, 3.05) is 5.75 Å². The second-order valence-electron chi connectivity index (χ2n) is 4.80. The van der Waals surface area contributed by atoms with Crippen molar-refractivity contribution in [2.24, 2.45) is 0 Å². The molecule has 0 aromatic carbocycles. The second-order valence-corrected chi connectivity index (χ2v) is 6.73. The summed E-state index contributed by atoms with van der Waals surface area (Å²) in [5.41, 5.74) is 0.00382. The van der Waals surface area contributed by atoms with Gasteiger partial charge in [0.25, 0.3) is 0 Å². The van der Waals surface area contributed by atoms with Crippen LogP contribution in [0.2, 0.25) is 0 Å². The summed E-state index contributed by atoms with van der Waals surface area (Å²) in [4.78, 5) is 9.02. The van der Waals surface area contributed by atoms with E-state index in [0.29, 0.717) is 0 Å². The van der Waals surface area contributed by atoms with Crippen molar-refractivity contribution < 1.29 is 0 Å². The Balaban J connectivity index is 2.82. The fraction of sp³-hybridized carbons (Fsp3) is 0.667. The summed E-state index contributed by atoms with van der Waals surface area (Å²) in [7, 11) is 0. The molecule has 0 atom stereocenters. The third kappa shape index (κ3) is 4.42. The van der Waals surface area contributed by atoms with E-state index in [-0.39, 0.29) is 5.41 Å². The van der Waals surface area contributed by atoms with Gasteiger partial charge in [-0.3, -0.25) is 0 Å². The molecule has 1 aromatic rings. The van der Waals surface area contributed by atoms with E-state index in [9.17, 15) is 0 Å². The molecule has 16 heavy (non-hydrogen) atoms. The van der Waals surface area contributed by atoms with Crippen molar-refractivity contribution in [3.05, 3.63) is 16.5 Å². The summed E-state index contributed by atoms with van der Waals surface area (Å²) >= 11 is 5.26. The normalized spacial score (nSPS) is 11.8. The number of hydrogen-bond acceptors (Lipinski definition) is 3. The van der Waals surface area contributed by atoms with Gasteiger partial charge in [-0.25, -0.2) is 9.97 Å². The average molecular weight is 303 g/mol. The molecule has 4 heteroatoms. The van der Waals surface area contributed by atoms with Crippen molar-refractivity contribution >= 4 is 27.7 Å². The Morgan fingerprint density at radius 2 is 2.00 bits per heavy atom. The van der Waals surface area contributed by atoms with Gasteiger partial charge in [-0.1, -0.05) is 34.1 Å². The maximum atomic E-state index is 4.60. The Kier molecular flexibility index (Phi) is 5.25. The molecular weight excluding hydrogens is 284 g/mol. The highest BCUT2D eigenvalue weighted by molar-refractivity contribution is 9.10. The number of unbranched alkanes of at least 4 members (excludes halogenated alkanes) is 1. The van der Waals surface area contributed by atoms with Gasteiger partial charge in [-0.2, -0.15) is 0 Å². The lowest BCUT2D eigenvalue weighted by molar-refractivity contribution is 0.536. The molecule has 1 rings (SSSR count). The van der Waals surface area contributed by atoms with Crippen molar-refractivity contribution in [3.63, 3.8) is 0 Å². The van der Waals surface area contributed by atoms with Crippen LogP contribution in [0.3, 0.4) is 0 Å². The van der Waals surface area contributed by atoms with Gasteiger partial charge in [-0.05, 0) is 28.1 Å². The molecule has 0 saturated carbocycles. The number of rotatable bonds is 4. The Morgan fingerprint density at radius 3 is 2.56 bits per heavy atom. The first-order valence-electron chi connectivity index (χ1n) is 5.61. The third-order valence-corrected chi connectivity index (χ3v) is 3.49. The highest BCUT2D eigenvalue weighted by Crippen LogP contribution is 2.25. The summed E-state index contributed by atoms with van der Waals surface area (Å²) in [5, 5.41) is 1.07. The molecule has 0 aliphatic heterocycles. The van der Waals surface area contributed by atoms with Crippen LogP contribution in [0.25, 0.3) is 0 Å². The number of nitrogens with zero attached hydrogens (tertiary/aromatic N) is 2. The Labute approximate surface area is 111 Å². The summed E-state index contributed by atoms with van der Waals surface area (Å²) in [6.07, 6.45) is 2.46. The molecule has 2 nitrogen and oxygen atoms in total. The minimum absolute atomic E-state index is 0.00382.